The first-order valence-corrected chi connectivity index (χ1v) is 7.92. The largest absolute Gasteiger partial charge is 0.391 e. The van der Waals surface area contributed by atoms with E-state index in [2.05, 4.69) is 5.32 Å². The molecule has 1 saturated carbocycles. The van der Waals surface area contributed by atoms with Gasteiger partial charge in [0.1, 0.15) is 0 Å². The van der Waals surface area contributed by atoms with Gasteiger partial charge in [-0.2, -0.15) is 13.2 Å². The lowest BCUT2D eigenvalue weighted by molar-refractivity contribution is -0.187. The predicted molar refractivity (Wildman–Crippen MR) is 82.0 cm³/mol. The molecule has 2 unspecified atom stereocenters. The van der Waals surface area contributed by atoms with Gasteiger partial charge in [-0.15, -0.1) is 12.4 Å². The Morgan fingerprint density at radius 3 is 2.36 bits per heavy atom. The number of carbonyl (C=O) groups excluding carboxylic acids is 1. The Bertz CT molecular complexity index is 357. The molecule has 1 N–H and O–H groups in total. The van der Waals surface area contributed by atoms with E-state index < -0.39 is 18.0 Å². The molecular formula is C15H26ClF3N2O. The smallest absolute Gasteiger partial charge is 0.342 e. The van der Waals surface area contributed by atoms with Gasteiger partial charge in [-0.1, -0.05) is 6.42 Å². The summed E-state index contributed by atoms with van der Waals surface area (Å²) in [7, 11) is 1.91. The second-order valence-electron chi connectivity index (χ2n) is 6.43. The van der Waals surface area contributed by atoms with Gasteiger partial charge >= 0.3 is 6.18 Å². The van der Waals surface area contributed by atoms with Crippen LogP contribution in [0, 0.1) is 17.8 Å². The van der Waals surface area contributed by atoms with Crippen molar-refractivity contribution < 1.29 is 18.0 Å². The van der Waals surface area contributed by atoms with Gasteiger partial charge in [0.2, 0.25) is 5.91 Å². The summed E-state index contributed by atoms with van der Waals surface area (Å²) >= 11 is 0. The molecule has 0 spiro atoms. The molecule has 1 aliphatic carbocycles. The van der Waals surface area contributed by atoms with Gasteiger partial charge in [0.15, 0.2) is 0 Å². The quantitative estimate of drug-likeness (QED) is 0.854. The topological polar surface area (TPSA) is 32.3 Å². The average molecular weight is 343 g/mol. The molecule has 7 heteroatoms. The number of rotatable bonds is 3. The minimum Gasteiger partial charge on any atom is -0.342 e. The molecule has 0 bridgehead atoms. The minimum atomic E-state index is -4.15. The third-order valence-corrected chi connectivity index (χ3v) is 4.91. The molecule has 0 radical (unpaired) electrons. The van der Waals surface area contributed by atoms with E-state index in [9.17, 15) is 18.0 Å². The summed E-state index contributed by atoms with van der Waals surface area (Å²) in [6.07, 6.45) is -0.975. The van der Waals surface area contributed by atoms with Crippen LogP contribution in [-0.4, -0.2) is 43.7 Å². The van der Waals surface area contributed by atoms with E-state index in [1.807, 2.05) is 7.05 Å². The second-order valence-corrected chi connectivity index (χ2v) is 6.43. The molecule has 2 rings (SSSR count). The van der Waals surface area contributed by atoms with Crippen molar-refractivity contribution in [3.8, 4) is 0 Å². The molecule has 2 aliphatic rings. The number of nitrogens with zero attached hydrogens (tertiary/aromatic N) is 1. The Balaban J connectivity index is 0.00000242. The number of hydrogen-bond donors (Lipinski definition) is 1. The van der Waals surface area contributed by atoms with Crippen molar-refractivity contribution in [1.82, 2.24) is 10.2 Å². The maximum absolute atomic E-state index is 12.8. The average Bonchev–Trinajstić information content (AvgIpc) is 2.47. The number of alkyl halides is 3. The normalized spacial score (nSPS) is 27.4. The van der Waals surface area contributed by atoms with E-state index in [0.717, 1.165) is 19.4 Å². The van der Waals surface area contributed by atoms with Crippen LogP contribution in [0.15, 0.2) is 0 Å². The summed E-state index contributed by atoms with van der Waals surface area (Å²) in [5.74, 6) is -1.19. The fraction of sp³-hybridized carbons (Fsp3) is 0.933. The van der Waals surface area contributed by atoms with Gasteiger partial charge in [-0.3, -0.25) is 4.79 Å². The zero-order valence-electron chi connectivity index (χ0n) is 13.0. The molecular weight excluding hydrogens is 317 g/mol. The van der Waals surface area contributed by atoms with E-state index >= 15 is 0 Å². The number of likely N-dealkylation sites (tertiary alicyclic amines) is 1. The van der Waals surface area contributed by atoms with Crippen LogP contribution in [0.1, 0.15) is 38.5 Å². The van der Waals surface area contributed by atoms with Crippen LogP contribution >= 0.6 is 12.4 Å². The molecule has 1 heterocycles. The summed E-state index contributed by atoms with van der Waals surface area (Å²) in [6.45, 7) is 2.33. The lowest BCUT2D eigenvalue weighted by Gasteiger charge is -2.37. The molecule has 2 atom stereocenters. The Morgan fingerprint density at radius 1 is 1.18 bits per heavy atom. The van der Waals surface area contributed by atoms with Gasteiger partial charge < -0.3 is 10.2 Å². The number of carbonyl (C=O) groups is 1. The highest BCUT2D eigenvalue weighted by Gasteiger charge is 2.44. The molecule has 22 heavy (non-hydrogen) atoms. The van der Waals surface area contributed by atoms with Gasteiger partial charge in [0.05, 0.1) is 5.92 Å². The maximum Gasteiger partial charge on any atom is 0.391 e. The number of nitrogens with one attached hydrogen (secondary N) is 1. The predicted octanol–water partition coefficient (Wildman–Crippen LogP) is 3.23. The first kappa shape index (κ1) is 19.6. The maximum atomic E-state index is 12.8. The van der Waals surface area contributed by atoms with Crippen LogP contribution in [0.25, 0.3) is 0 Å². The Kier molecular flexibility index (Phi) is 7.46. The zero-order valence-corrected chi connectivity index (χ0v) is 13.8. The molecule has 1 aliphatic heterocycles. The van der Waals surface area contributed by atoms with E-state index in [1.165, 1.54) is 0 Å². The van der Waals surface area contributed by atoms with Crippen LogP contribution in [-0.2, 0) is 4.79 Å². The monoisotopic (exact) mass is 342 g/mol. The molecule has 0 aromatic carbocycles. The Labute approximate surface area is 136 Å². The number of piperidine rings is 1. The van der Waals surface area contributed by atoms with Gasteiger partial charge in [0.25, 0.3) is 0 Å². The highest BCUT2D eigenvalue weighted by atomic mass is 35.5. The van der Waals surface area contributed by atoms with E-state index in [4.69, 9.17) is 0 Å². The van der Waals surface area contributed by atoms with Gasteiger partial charge in [-0.25, -0.2) is 0 Å². The van der Waals surface area contributed by atoms with Crippen molar-refractivity contribution in [3.63, 3.8) is 0 Å². The fourth-order valence-electron chi connectivity index (χ4n) is 3.62. The van der Waals surface area contributed by atoms with Crippen molar-refractivity contribution in [2.24, 2.45) is 17.8 Å². The summed E-state index contributed by atoms with van der Waals surface area (Å²) in [6, 6.07) is 0. The Morgan fingerprint density at radius 2 is 1.82 bits per heavy atom. The van der Waals surface area contributed by atoms with Crippen molar-refractivity contribution in [3.05, 3.63) is 0 Å². The third-order valence-electron chi connectivity index (χ3n) is 4.91. The standard InChI is InChI=1S/C15H25F3N2O.ClH/c1-19-10-11-5-7-20(8-6-11)14(21)12-3-2-4-13(9-12)15(16,17)18;/h11-13,19H,2-10H2,1H3;1H. The first-order valence-electron chi connectivity index (χ1n) is 7.92. The molecule has 0 aromatic heterocycles. The van der Waals surface area contributed by atoms with Crippen LogP contribution < -0.4 is 5.32 Å². The summed E-state index contributed by atoms with van der Waals surface area (Å²) in [5, 5.41) is 3.14. The summed E-state index contributed by atoms with van der Waals surface area (Å²) in [4.78, 5) is 14.2. The Hall–Kier alpha value is -0.490. The van der Waals surface area contributed by atoms with Crippen molar-refractivity contribution in [1.29, 1.82) is 0 Å². The summed E-state index contributed by atoms with van der Waals surface area (Å²) < 4.78 is 38.5. The lowest BCUT2D eigenvalue weighted by Crippen LogP contribution is -2.45. The molecule has 3 nitrogen and oxygen atoms in total. The van der Waals surface area contributed by atoms with E-state index in [0.29, 0.717) is 31.8 Å². The minimum absolute atomic E-state index is 0. The first-order chi connectivity index (χ1) is 9.91. The molecule has 130 valence electrons. The number of hydrogen-bond acceptors (Lipinski definition) is 2. The number of amides is 1. The van der Waals surface area contributed by atoms with Gasteiger partial charge in [-0.05, 0) is 51.6 Å². The van der Waals surface area contributed by atoms with Crippen LogP contribution in [0.2, 0.25) is 0 Å². The summed E-state index contributed by atoms with van der Waals surface area (Å²) in [5.41, 5.74) is 0. The lowest BCUT2D eigenvalue weighted by atomic mass is 9.80. The SMILES string of the molecule is CNCC1CCN(C(=O)C2CCCC(C(F)(F)F)C2)CC1.Cl. The van der Waals surface area contributed by atoms with Crippen LogP contribution in [0.5, 0.6) is 0 Å². The van der Waals surface area contributed by atoms with Crippen LogP contribution in [0.4, 0.5) is 13.2 Å². The highest BCUT2D eigenvalue weighted by Crippen LogP contribution is 2.40. The van der Waals surface area contributed by atoms with Crippen LogP contribution in [0.3, 0.4) is 0 Å². The van der Waals surface area contributed by atoms with Crippen molar-refractivity contribution >= 4 is 18.3 Å². The van der Waals surface area contributed by atoms with Gasteiger partial charge in [0, 0.05) is 19.0 Å². The van der Waals surface area contributed by atoms with Crippen molar-refractivity contribution in [2.75, 3.05) is 26.7 Å². The molecule has 1 saturated heterocycles. The molecule has 2 fully saturated rings. The fourth-order valence-corrected chi connectivity index (χ4v) is 3.62. The second kappa shape index (κ2) is 8.39. The third kappa shape index (κ3) is 5.01. The zero-order chi connectivity index (χ0) is 15.5. The highest BCUT2D eigenvalue weighted by molar-refractivity contribution is 5.85. The molecule has 1 amide bonds. The van der Waals surface area contributed by atoms with E-state index in [-0.39, 0.29) is 31.2 Å². The van der Waals surface area contributed by atoms with E-state index in [1.54, 1.807) is 4.90 Å². The molecule has 0 aromatic rings. The van der Waals surface area contributed by atoms with Crippen molar-refractivity contribution in [2.45, 2.75) is 44.7 Å². The number of halogens is 4.